The van der Waals surface area contributed by atoms with Crippen molar-refractivity contribution in [3.63, 3.8) is 0 Å². The molecule has 4 rings (SSSR count). The second-order valence-electron chi connectivity index (χ2n) is 7.62. The Balaban J connectivity index is 1.58. The van der Waals surface area contributed by atoms with Gasteiger partial charge in [-0.05, 0) is 48.0 Å². The lowest BCUT2D eigenvalue weighted by Gasteiger charge is -2.26. The first-order chi connectivity index (χ1) is 17.5. The topological polar surface area (TPSA) is 94.2 Å². The van der Waals surface area contributed by atoms with E-state index < -0.39 is 17.8 Å². The van der Waals surface area contributed by atoms with Gasteiger partial charge in [0.05, 0.1) is 12.8 Å². The highest BCUT2D eigenvalue weighted by molar-refractivity contribution is 6.39. The van der Waals surface area contributed by atoms with Crippen LogP contribution in [0.5, 0.6) is 17.2 Å². The van der Waals surface area contributed by atoms with E-state index in [0.717, 1.165) is 10.5 Å². The van der Waals surface area contributed by atoms with Crippen molar-refractivity contribution in [1.29, 1.82) is 0 Å². The van der Waals surface area contributed by atoms with Gasteiger partial charge in [-0.1, -0.05) is 36.3 Å². The molecule has 1 N–H and O–H groups in total. The summed E-state index contributed by atoms with van der Waals surface area (Å²) in [6.45, 7) is 0.351. The average Bonchev–Trinajstić information content (AvgIpc) is 2.90. The molecular weight excluding hydrogens is 460 g/mol. The highest BCUT2D eigenvalue weighted by Crippen LogP contribution is 2.29. The van der Waals surface area contributed by atoms with Crippen LogP contribution in [-0.2, 0) is 16.2 Å². The number of barbiturate groups is 1. The third-order valence-electron chi connectivity index (χ3n) is 5.28. The molecule has 3 aromatic carbocycles. The summed E-state index contributed by atoms with van der Waals surface area (Å²) in [5.74, 6) is 2.17. The van der Waals surface area contributed by atoms with Crippen molar-refractivity contribution in [3.8, 4) is 29.6 Å². The monoisotopic (exact) mass is 482 g/mol. The van der Waals surface area contributed by atoms with E-state index in [9.17, 15) is 14.4 Å². The summed E-state index contributed by atoms with van der Waals surface area (Å²) in [6.07, 6.45) is 6.64. The highest BCUT2D eigenvalue weighted by atomic mass is 16.5. The van der Waals surface area contributed by atoms with Crippen LogP contribution in [0.4, 0.5) is 10.5 Å². The molecule has 0 radical (unpaired) electrons. The second kappa shape index (κ2) is 10.9. The van der Waals surface area contributed by atoms with Gasteiger partial charge in [0.25, 0.3) is 11.8 Å². The molecule has 0 aliphatic carbocycles. The summed E-state index contributed by atoms with van der Waals surface area (Å²) in [5.41, 5.74) is 1.46. The number of amides is 4. The lowest BCUT2D eigenvalue weighted by molar-refractivity contribution is -0.122. The molecule has 0 spiro atoms. The maximum atomic E-state index is 13.2. The van der Waals surface area contributed by atoms with Gasteiger partial charge in [0, 0.05) is 11.6 Å². The maximum absolute atomic E-state index is 13.2. The fraction of sp³-hybridized carbons (Fsp3) is 0.107. The molecule has 0 atom stereocenters. The van der Waals surface area contributed by atoms with Gasteiger partial charge in [-0.3, -0.25) is 14.9 Å². The zero-order valence-electron chi connectivity index (χ0n) is 19.4. The van der Waals surface area contributed by atoms with Crippen molar-refractivity contribution < 1.29 is 28.6 Å². The number of nitrogens with zero attached hydrogens (tertiary/aromatic N) is 1. The van der Waals surface area contributed by atoms with Gasteiger partial charge in [0.15, 0.2) is 0 Å². The largest absolute Gasteiger partial charge is 0.497 e. The third kappa shape index (κ3) is 5.37. The number of rotatable bonds is 8. The number of anilines is 1. The van der Waals surface area contributed by atoms with Crippen molar-refractivity contribution in [2.75, 3.05) is 18.6 Å². The van der Waals surface area contributed by atoms with Gasteiger partial charge >= 0.3 is 6.03 Å². The van der Waals surface area contributed by atoms with Crippen LogP contribution in [0.3, 0.4) is 0 Å². The van der Waals surface area contributed by atoms with Crippen LogP contribution >= 0.6 is 0 Å². The van der Waals surface area contributed by atoms with E-state index in [2.05, 4.69) is 11.2 Å². The number of nitrogens with one attached hydrogen (secondary N) is 1. The van der Waals surface area contributed by atoms with Gasteiger partial charge in [-0.15, -0.1) is 6.42 Å². The van der Waals surface area contributed by atoms with Crippen LogP contribution in [-0.4, -0.2) is 31.6 Å². The number of benzene rings is 3. The molecule has 3 aromatic rings. The predicted molar refractivity (Wildman–Crippen MR) is 134 cm³/mol. The molecule has 1 fully saturated rings. The highest BCUT2D eigenvalue weighted by Gasteiger charge is 2.37. The molecule has 0 unspecified atom stereocenters. The normalized spacial score (nSPS) is 14.3. The van der Waals surface area contributed by atoms with Crippen molar-refractivity contribution in [2.24, 2.45) is 0 Å². The number of carbonyl (C=O) groups is 3. The van der Waals surface area contributed by atoms with Gasteiger partial charge in [-0.25, -0.2) is 9.69 Å². The first-order valence-electron chi connectivity index (χ1n) is 10.9. The Kier molecular flexibility index (Phi) is 7.32. The Morgan fingerprint density at radius 1 is 0.944 bits per heavy atom. The summed E-state index contributed by atoms with van der Waals surface area (Å²) in [7, 11) is 1.50. The number of ether oxygens (including phenoxy) is 3. The Bertz CT molecular complexity index is 1360. The van der Waals surface area contributed by atoms with E-state index in [4.69, 9.17) is 20.6 Å². The number of hydrogen-bond donors (Lipinski definition) is 1. The Hall–Kier alpha value is -5.03. The van der Waals surface area contributed by atoms with E-state index in [1.54, 1.807) is 42.5 Å². The second-order valence-corrected chi connectivity index (χ2v) is 7.62. The first-order valence-corrected chi connectivity index (χ1v) is 10.9. The number of terminal acetylenes is 1. The minimum absolute atomic E-state index is 0.0210. The number of imide groups is 2. The Morgan fingerprint density at radius 2 is 1.67 bits per heavy atom. The van der Waals surface area contributed by atoms with E-state index in [1.165, 1.54) is 13.2 Å². The van der Waals surface area contributed by atoms with Crippen molar-refractivity contribution in [2.45, 2.75) is 6.61 Å². The van der Waals surface area contributed by atoms with Crippen LogP contribution in [0.25, 0.3) is 6.08 Å². The van der Waals surface area contributed by atoms with Gasteiger partial charge in [-0.2, -0.15) is 0 Å². The zero-order chi connectivity index (χ0) is 25.5. The van der Waals surface area contributed by atoms with Crippen LogP contribution in [0.2, 0.25) is 0 Å². The number of urea groups is 1. The minimum Gasteiger partial charge on any atom is -0.497 e. The van der Waals surface area contributed by atoms with Crippen molar-refractivity contribution >= 4 is 29.6 Å². The van der Waals surface area contributed by atoms with Crippen molar-refractivity contribution in [3.05, 3.63) is 89.5 Å². The lowest BCUT2D eigenvalue weighted by atomic mass is 10.1. The van der Waals surface area contributed by atoms with Crippen molar-refractivity contribution in [1.82, 2.24) is 5.32 Å². The molecule has 0 bridgehead atoms. The quantitative estimate of drug-likeness (QED) is 0.297. The SMILES string of the molecule is C#CCOc1cc(OC)ccc1/C=C1\C(=O)NC(=O)N(c2ccc(OCc3ccccc3)cc2)C1=O. The predicted octanol–water partition coefficient (Wildman–Crippen LogP) is 3.95. The van der Waals surface area contributed by atoms with Crippen LogP contribution in [0.15, 0.2) is 78.4 Å². The summed E-state index contributed by atoms with van der Waals surface area (Å²) in [5, 5.41) is 2.20. The minimum atomic E-state index is -0.848. The van der Waals surface area contributed by atoms with Crippen LogP contribution in [0, 0.1) is 12.3 Å². The molecule has 1 saturated heterocycles. The van der Waals surface area contributed by atoms with E-state index >= 15 is 0 Å². The molecule has 0 aromatic heterocycles. The fourth-order valence-electron chi connectivity index (χ4n) is 3.49. The molecule has 180 valence electrons. The zero-order valence-corrected chi connectivity index (χ0v) is 19.4. The number of carbonyl (C=O) groups excluding carboxylic acids is 3. The number of methoxy groups -OCH3 is 1. The third-order valence-corrected chi connectivity index (χ3v) is 5.28. The Morgan fingerprint density at radius 3 is 2.36 bits per heavy atom. The van der Waals surface area contributed by atoms with Gasteiger partial charge in [0.1, 0.15) is 36.0 Å². The maximum Gasteiger partial charge on any atom is 0.335 e. The molecular formula is C28H22N2O6. The molecule has 1 aliphatic rings. The summed E-state index contributed by atoms with van der Waals surface area (Å²) in [4.78, 5) is 39.2. The average molecular weight is 482 g/mol. The van der Waals surface area contributed by atoms with E-state index in [1.807, 2.05) is 30.3 Å². The molecule has 0 saturated carbocycles. The Labute approximate surface area is 208 Å². The molecule has 1 heterocycles. The molecule has 4 amide bonds. The lowest BCUT2D eigenvalue weighted by Crippen LogP contribution is -2.54. The first kappa shape index (κ1) is 24.1. The van der Waals surface area contributed by atoms with Gasteiger partial charge in [0.2, 0.25) is 0 Å². The molecule has 36 heavy (non-hydrogen) atoms. The fourth-order valence-corrected chi connectivity index (χ4v) is 3.49. The van der Waals surface area contributed by atoms with Crippen LogP contribution in [0.1, 0.15) is 11.1 Å². The summed E-state index contributed by atoms with van der Waals surface area (Å²) in [6, 6.07) is 20.1. The summed E-state index contributed by atoms with van der Waals surface area (Å²) < 4.78 is 16.5. The van der Waals surface area contributed by atoms with E-state index in [-0.39, 0.29) is 17.9 Å². The van der Waals surface area contributed by atoms with Gasteiger partial charge < -0.3 is 14.2 Å². The van der Waals surface area contributed by atoms with Crippen LogP contribution < -0.4 is 24.4 Å². The van der Waals surface area contributed by atoms with E-state index in [0.29, 0.717) is 29.4 Å². The molecule has 8 heteroatoms. The number of hydrogen-bond acceptors (Lipinski definition) is 6. The molecule has 1 aliphatic heterocycles. The molecule has 8 nitrogen and oxygen atoms in total. The smallest absolute Gasteiger partial charge is 0.335 e. The standard InChI is InChI=1S/C28H22N2O6/c1-3-15-35-25-17-23(34-2)12-9-20(25)16-24-26(31)29-28(33)30(27(24)32)21-10-13-22(14-11-21)36-18-19-7-5-4-6-8-19/h1,4-14,16-17H,15,18H2,2H3,(H,29,31,33)/b24-16+. The summed E-state index contributed by atoms with van der Waals surface area (Å²) >= 11 is 0.